The van der Waals surface area contributed by atoms with E-state index in [4.69, 9.17) is 9.84 Å². The van der Waals surface area contributed by atoms with E-state index < -0.39 is 11.9 Å². The number of thioether (sulfide) groups is 1. The van der Waals surface area contributed by atoms with E-state index in [0.717, 1.165) is 31.0 Å². The van der Waals surface area contributed by atoms with Gasteiger partial charge < -0.3 is 9.84 Å². The summed E-state index contributed by atoms with van der Waals surface area (Å²) < 4.78 is 5.75. The van der Waals surface area contributed by atoms with Crippen molar-refractivity contribution in [2.75, 3.05) is 12.4 Å². The van der Waals surface area contributed by atoms with Crippen LogP contribution in [-0.2, 0) is 14.3 Å². The number of rotatable bonds is 6. The lowest BCUT2D eigenvalue weighted by Gasteiger charge is -2.29. The van der Waals surface area contributed by atoms with Gasteiger partial charge in [-0.1, -0.05) is 31.5 Å². The fourth-order valence-corrected chi connectivity index (χ4v) is 2.85. The summed E-state index contributed by atoms with van der Waals surface area (Å²) in [5.41, 5.74) is 0. The van der Waals surface area contributed by atoms with Gasteiger partial charge in [-0.15, -0.1) is 0 Å². The molecular weight excluding hydrogens is 252 g/mol. The Morgan fingerprint density at radius 3 is 2.61 bits per heavy atom. The first-order valence-corrected chi connectivity index (χ1v) is 7.47. The maximum absolute atomic E-state index is 11.1. The third-order valence-electron chi connectivity index (χ3n) is 3.38. The fourth-order valence-electron chi connectivity index (χ4n) is 2.18. The second kappa shape index (κ2) is 7.79. The van der Waals surface area contributed by atoms with Crippen molar-refractivity contribution in [2.45, 2.75) is 45.6 Å². The molecule has 1 N–H and O–H groups in total. The van der Waals surface area contributed by atoms with Crippen LogP contribution in [0.4, 0.5) is 0 Å². The molecule has 4 nitrogen and oxygen atoms in total. The summed E-state index contributed by atoms with van der Waals surface area (Å²) in [5, 5.41) is 9.03. The number of hydrogen-bond acceptors (Lipinski definition) is 4. The third kappa shape index (κ3) is 5.40. The van der Waals surface area contributed by atoms with Crippen molar-refractivity contribution in [3.63, 3.8) is 0 Å². The Morgan fingerprint density at radius 2 is 2.06 bits per heavy atom. The molecule has 5 heteroatoms. The van der Waals surface area contributed by atoms with Gasteiger partial charge >= 0.3 is 5.97 Å². The van der Waals surface area contributed by atoms with Gasteiger partial charge in [-0.25, -0.2) is 0 Å². The quantitative estimate of drug-likeness (QED) is 0.806. The van der Waals surface area contributed by atoms with Gasteiger partial charge in [-0.3, -0.25) is 9.59 Å². The molecule has 0 radical (unpaired) electrons. The molecule has 1 aliphatic rings. The highest BCUT2D eigenvalue weighted by atomic mass is 32.2. The second-order valence-electron chi connectivity index (χ2n) is 4.97. The highest BCUT2D eigenvalue weighted by Crippen LogP contribution is 2.27. The van der Waals surface area contributed by atoms with Crippen LogP contribution in [0.1, 0.15) is 39.5 Å². The Labute approximate surface area is 112 Å². The molecule has 0 spiro atoms. The maximum Gasteiger partial charge on any atom is 0.309 e. The largest absolute Gasteiger partial charge is 0.481 e. The molecule has 1 saturated carbocycles. The Kier molecular flexibility index (Phi) is 6.71. The molecule has 0 aromatic heterocycles. The zero-order valence-electron chi connectivity index (χ0n) is 11.1. The lowest BCUT2D eigenvalue weighted by atomic mass is 9.88. The van der Waals surface area contributed by atoms with E-state index in [2.05, 4.69) is 6.92 Å². The average molecular weight is 274 g/mol. The summed E-state index contributed by atoms with van der Waals surface area (Å²) in [4.78, 5) is 21.9. The van der Waals surface area contributed by atoms with E-state index >= 15 is 0 Å². The van der Waals surface area contributed by atoms with Gasteiger partial charge in [-0.2, -0.15) is 0 Å². The van der Waals surface area contributed by atoms with Crippen LogP contribution < -0.4 is 0 Å². The molecule has 0 saturated heterocycles. The Bertz CT molecular complexity index is 293. The number of hydrogen-bond donors (Lipinski definition) is 1. The van der Waals surface area contributed by atoms with Gasteiger partial charge in [0, 0.05) is 12.7 Å². The molecule has 0 aliphatic heterocycles. The van der Waals surface area contributed by atoms with Crippen LogP contribution in [0.5, 0.6) is 0 Å². The topological polar surface area (TPSA) is 63.6 Å². The van der Waals surface area contributed by atoms with Crippen molar-refractivity contribution in [2.24, 2.45) is 11.8 Å². The number of carboxylic acid groups (broad SMARTS) is 1. The molecule has 104 valence electrons. The number of carbonyl (C=O) groups is 2. The Morgan fingerprint density at radius 1 is 1.39 bits per heavy atom. The smallest absolute Gasteiger partial charge is 0.309 e. The molecule has 1 aliphatic carbocycles. The normalized spacial score (nSPS) is 25.7. The SMILES string of the molecule is CC(=O)SCC(COC1CCCCC1C)C(=O)O. The molecule has 1 rings (SSSR count). The average Bonchev–Trinajstić information content (AvgIpc) is 2.30. The van der Waals surface area contributed by atoms with Gasteiger partial charge in [0.25, 0.3) is 0 Å². The van der Waals surface area contributed by atoms with Crippen molar-refractivity contribution in [3.05, 3.63) is 0 Å². The highest BCUT2D eigenvalue weighted by Gasteiger charge is 2.25. The second-order valence-corrected chi connectivity index (χ2v) is 6.17. The van der Waals surface area contributed by atoms with E-state index in [-0.39, 0.29) is 17.8 Å². The molecular formula is C13H22O4S. The lowest BCUT2D eigenvalue weighted by molar-refractivity contribution is -0.144. The van der Waals surface area contributed by atoms with Crippen molar-refractivity contribution in [1.82, 2.24) is 0 Å². The minimum absolute atomic E-state index is 0.0488. The van der Waals surface area contributed by atoms with E-state index in [1.54, 1.807) is 0 Å². The van der Waals surface area contributed by atoms with Crippen LogP contribution in [0, 0.1) is 11.8 Å². The molecule has 3 unspecified atom stereocenters. The highest BCUT2D eigenvalue weighted by molar-refractivity contribution is 8.13. The van der Waals surface area contributed by atoms with Crippen LogP contribution in [0.25, 0.3) is 0 Å². The molecule has 18 heavy (non-hydrogen) atoms. The van der Waals surface area contributed by atoms with E-state index in [9.17, 15) is 9.59 Å². The Hall–Kier alpha value is -0.550. The molecule has 0 amide bonds. The minimum Gasteiger partial charge on any atom is -0.481 e. The van der Waals surface area contributed by atoms with E-state index in [1.165, 1.54) is 13.3 Å². The first-order valence-electron chi connectivity index (χ1n) is 6.48. The summed E-state index contributed by atoms with van der Waals surface area (Å²) in [7, 11) is 0. The van der Waals surface area contributed by atoms with Crippen molar-refractivity contribution >= 4 is 22.8 Å². The lowest BCUT2D eigenvalue weighted by Crippen LogP contribution is -2.31. The standard InChI is InChI=1S/C13H22O4S/c1-9-5-3-4-6-12(9)17-7-11(13(15)16)8-18-10(2)14/h9,11-12H,3-8H2,1-2H3,(H,15,16). The molecule has 0 aromatic rings. The molecule has 1 fully saturated rings. The van der Waals surface area contributed by atoms with Gasteiger partial charge in [0.15, 0.2) is 5.12 Å². The predicted molar refractivity (Wildman–Crippen MR) is 71.6 cm³/mol. The number of carbonyl (C=O) groups excluding carboxylic acids is 1. The van der Waals surface area contributed by atoms with Crippen molar-refractivity contribution in [1.29, 1.82) is 0 Å². The van der Waals surface area contributed by atoms with Crippen LogP contribution in [-0.4, -0.2) is 34.7 Å². The Balaban J connectivity index is 2.36. The monoisotopic (exact) mass is 274 g/mol. The first kappa shape index (κ1) is 15.5. The summed E-state index contributed by atoms with van der Waals surface area (Å²) in [6.07, 6.45) is 4.76. The summed E-state index contributed by atoms with van der Waals surface area (Å²) in [6, 6.07) is 0. The number of aliphatic carboxylic acids is 1. The molecule has 3 atom stereocenters. The van der Waals surface area contributed by atoms with E-state index in [0.29, 0.717) is 11.7 Å². The third-order valence-corrected chi connectivity index (χ3v) is 4.36. The van der Waals surface area contributed by atoms with Gasteiger partial charge in [0.2, 0.25) is 0 Å². The first-order chi connectivity index (χ1) is 8.50. The molecule has 0 heterocycles. The van der Waals surface area contributed by atoms with Crippen LogP contribution >= 0.6 is 11.8 Å². The molecule has 0 aromatic carbocycles. The van der Waals surface area contributed by atoms with Crippen molar-refractivity contribution < 1.29 is 19.4 Å². The van der Waals surface area contributed by atoms with Crippen LogP contribution in [0.3, 0.4) is 0 Å². The van der Waals surface area contributed by atoms with Gasteiger partial charge in [-0.05, 0) is 18.8 Å². The zero-order valence-corrected chi connectivity index (χ0v) is 11.9. The van der Waals surface area contributed by atoms with Crippen LogP contribution in [0.2, 0.25) is 0 Å². The summed E-state index contributed by atoms with van der Waals surface area (Å²) >= 11 is 1.06. The number of carboxylic acids is 1. The zero-order chi connectivity index (χ0) is 13.5. The maximum atomic E-state index is 11.1. The summed E-state index contributed by atoms with van der Waals surface area (Å²) in [6.45, 7) is 3.82. The van der Waals surface area contributed by atoms with Gasteiger partial charge in [0.05, 0.1) is 18.6 Å². The van der Waals surface area contributed by atoms with E-state index in [1.807, 2.05) is 0 Å². The van der Waals surface area contributed by atoms with Crippen molar-refractivity contribution in [3.8, 4) is 0 Å². The fraction of sp³-hybridized carbons (Fsp3) is 0.846. The molecule has 0 bridgehead atoms. The number of ether oxygens (including phenoxy) is 1. The minimum atomic E-state index is -0.882. The summed E-state index contributed by atoms with van der Waals surface area (Å²) in [5.74, 6) is -0.667. The van der Waals surface area contributed by atoms with Gasteiger partial charge in [0.1, 0.15) is 0 Å². The van der Waals surface area contributed by atoms with Crippen LogP contribution in [0.15, 0.2) is 0 Å². The predicted octanol–water partition coefficient (Wildman–Crippen LogP) is 2.56.